The summed E-state index contributed by atoms with van der Waals surface area (Å²) in [6.45, 7) is 12.7. The molecule has 4 heteroatoms. The minimum Gasteiger partial charge on any atom is -0.364 e. The average molecular weight is 266 g/mol. The minimum atomic E-state index is -0.826. The lowest BCUT2D eigenvalue weighted by Gasteiger charge is -2.53. The van der Waals surface area contributed by atoms with Crippen LogP contribution in [0, 0.1) is 11.3 Å². The maximum Gasteiger partial charge on any atom is 0.167 e. The Morgan fingerprint density at radius 2 is 1.89 bits per heavy atom. The van der Waals surface area contributed by atoms with E-state index in [1.54, 1.807) is 0 Å². The first-order valence-electron chi connectivity index (χ1n) is 6.86. The van der Waals surface area contributed by atoms with E-state index < -0.39 is 11.4 Å². The van der Waals surface area contributed by atoms with E-state index in [4.69, 9.17) is 14.2 Å². The summed E-state index contributed by atoms with van der Waals surface area (Å²) in [6.07, 6.45) is 0.238. The molecule has 2 saturated heterocycles. The second-order valence-electron chi connectivity index (χ2n) is 6.84. The summed E-state index contributed by atoms with van der Waals surface area (Å²) >= 11 is 0. The Morgan fingerprint density at radius 3 is 2.53 bits per heavy atom. The van der Waals surface area contributed by atoms with Gasteiger partial charge in [0.2, 0.25) is 0 Å². The van der Waals surface area contributed by atoms with Gasteiger partial charge in [-0.2, -0.15) is 0 Å². The number of allylic oxidation sites excluding steroid dienone is 1. The Hall–Kier alpha value is -0.710. The first-order chi connectivity index (χ1) is 8.71. The number of hydrogen-bond acceptors (Lipinski definition) is 4. The fraction of sp³-hybridized carbons (Fsp3) is 0.800. The van der Waals surface area contributed by atoms with Crippen molar-refractivity contribution in [1.29, 1.82) is 0 Å². The maximum absolute atomic E-state index is 12.5. The summed E-state index contributed by atoms with van der Waals surface area (Å²) in [5.74, 6) is -0.464. The second-order valence-corrected chi connectivity index (χ2v) is 6.84. The normalized spacial score (nSPS) is 47.9. The van der Waals surface area contributed by atoms with Gasteiger partial charge in [-0.25, -0.2) is 0 Å². The van der Waals surface area contributed by atoms with Gasteiger partial charge >= 0.3 is 0 Å². The van der Waals surface area contributed by atoms with Crippen LogP contribution in [0.5, 0.6) is 0 Å². The van der Waals surface area contributed by atoms with Crippen LogP contribution in [0.1, 0.15) is 34.1 Å². The third-order valence-corrected chi connectivity index (χ3v) is 4.99. The zero-order valence-corrected chi connectivity index (χ0v) is 12.1. The van der Waals surface area contributed by atoms with Crippen LogP contribution in [0.15, 0.2) is 12.2 Å². The van der Waals surface area contributed by atoms with Gasteiger partial charge in [0.25, 0.3) is 0 Å². The van der Waals surface area contributed by atoms with Crippen molar-refractivity contribution < 1.29 is 19.0 Å². The van der Waals surface area contributed by atoms with E-state index in [1.807, 2.05) is 27.7 Å². The molecule has 0 aromatic carbocycles. The monoisotopic (exact) mass is 266 g/mol. The predicted octanol–water partition coefficient (Wildman–Crippen LogP) is 2.08. The largest absolute Gasteiger partial charge is 0.364 e. The quantitative estimate of drug-likeness (QED) is 0.682. The molecule has 2 heterocycles. The van der Waals surface area contributed by atoms with Gasteiger partial charge in [0.05, 0.1) is 18.6 Å². The SMILES string of the molecule is C=C(C)[C@H]1CC(=O)[C@@]2(C)OC[C@@]13COC(C)(C)O[C@@H]32. The highest BCUT2D eigenvalue weighted by Crippen LogP contribution is 2.58. The molecule has 19 heavy (non-hydrogen) atoms. The first-order valence-corrected chi connectivity index (χ1v) is 6.86. The Balaban J connectivity index is 2.08. The van der Waals surface area contributed by atoms with Crippen LogP contribution >= 0.6 is 0 Å². The van der Waals surface area contributed by atoms with Crippen LogP contribution in [0.3, 0.4) is 0 Å². The van der Waals surface area contributed by atoms with Crippen LogP contribution in [-0.2, 0) is 19.0 Å². The topological polar surface area (TPSA) is 44.8 Å². The lowest BCUT2D eigenvalue weighted by Crippen LogP contribution is -2.65. The molecule has 3 aliphatic rings. The summed E-state index contributed by atoms with van der Waals surface area (Å²) in [7, 11) is 0. The highest BCUT2D eigenvalue weighted by molar-refractivity contribution is 5.90. The molecule has 2 bridgehead atoms. The van der Waals surface area contributed by atoms with Gasteiger partial charge in [-0.1, -0.05) is 12.2 Å². The van der Waals surface area contributed by atoms with Crippen LogP contribution < -0.4 is 0 Å². The molecule has 0 amide bonds. The molecule has 0 aromatic heterocycles. The van der Waals surface area contributed by atoms with E-state index in [0.29, 0.717) is 19.6 Å². The van der Waals surface area contributed by atoms with Crippen molar-refractivity contribution in [1.82, 2.24) is 0 Å². The molecule has 0 spiro atoms. The van der Waals surface area contributed by atoms with E-state index in [-0.39, 0.29) is 23.2 Å². The second kappa shape index (κ2) is 3.68. The van der Waals surface area contributed by atoms with E-state index in [0.717, 1.165) is 5.57 Å². The molecular formula is C15H22O4. The van der Waals surface area contributed by atoms with Crippen molar-refractivity contribution in [2.45, 2.75) is 51.6 Å². The molecule has 0 aromatic rings. The summed E-state index contributed by atoms with van der Waals surface area (Å²) < 4.78 is 17.9. The molecule has 0 radical (unpaired) electrons. The molecule has 106 valence electrons. The minimum absolute atomic E-state index is 0.0803. The van der Waals surface area contributed by atoms with Crippen molar-refractivity contribution in [2.24, 2.45) is 11.3 Å². The fourth-order valence-corrected chi connectivity index (χ4v) is 3.82. The highest BCUT2D eigenvalue weighted by Gasteiger charge is 2.70. The number of rotatable bonds is 1. The van der Waals surface area contributed by atoms with Crippen molar-refractivity contribution in [3.63, 3.8) is 0 Å². The number of carbonyl (C=O) groups is 1. The van der Waals surface area contributed by atoms with Gasteiger partial charge < -0.3 is 14.2 Å². The number of Topliss-reactive ketones (excluding diaryl/α,β-unsaturated/α-hetero) is 1. The summed E-state index contributed by atoms with van der Waals surface area (Å²) in [6, 6.07) is 0. The number of carbonyl (C=O) groups excluding carboxylic acids is 1. The Labute approximate surface area is 114 Å². The first kappa shape index (κ1) is 13.3. The van der Waals surface area contributed by atoms with Crippen LogP contribution in [-0.4, -0.2) is 36.5 Å². The molecule has 3 fully saturated rings. The van der Waals surface area contributed by atoms with Gasteiger partial charge in [-0.05, 0) is 33.6 Å². The Morgan fingerprint density at radius 1 is 1.26 bits per heavy atom. The van der Waals surface area contributed by atoms with Gasteiger partial charge in [0.15, 0.2) is 17.2 Å². The van der Waals surface area contributed by atoms with Crippen molar-refractivity contribution in [2.75, 3.05) is 13.2 Å². The Kier molecular flexibility index (Phi) is 2.58. The third-order valence-electron chi connectivity index (χ3n) is 4.99. The lowest BCUT2D eigenvalue weighted by molar-refractivity contribution is -0.327. The zero-order valence-electron chi connectivity index (χ0n) is 12.1. The Bertz CT molecular complexity index is 455. The maximum atomic E-state index is 12.5. The molecule has 4 atom stereocenters. The van der Waals surface area contributed by atoms with Crippen LogP contribution in [0.25, 0.3) is 0 Å². The predicted molar refractivity (Wildman–Crippen MR) is 69.6 cm³/mol. The number of ketones is 1. The van der Waals surface area contributed by atoms with E-state index in [2.05, 4.69) is 6.58 Å². The number of ether oxygens (including phenoxy) is 3. The van der Waals surface area contributed by atoms with Gasteiger partial charge in [-0.3, -0.25) is 4.79 Å². The summed E-state index contributed by atoms with van der Waals surface area (Å²) in [5.41, 5.74) is -0.0744. The third kappa shape index (κ3) is 1.60. The molecule has 1 aliphatic carbocycles. The van der Waals surface area contributed by atoms with Gasteiger partial charge in [0, 0.05) is 6.42 Å². The lowest BCUT2D eigenvalue weighted by atomic mass is 9.59. The molecule has 3 rings (SSSR count). The number of hydrogen-bond donors (Lipinski definition) is 0. The average Bonchev–Trinajstić information content (AvgIpc) is 2.54. The van der Waals surface area contributed by atoms with Crippen LogP contribution in [0.4, 0.5) is 0 Å². The van der Waals surface area contributed by atoms with Crippen molar-refractivity contribution in [3.8, 4) is 0 Å². The van der Waals surface area contributed by atoms with Crippen LogP contribution in [0.2, 0.25) is 0 Å². The molecule has 4 nitrogen and oxygen atoms in total. The van der Waals surface area contributed by atoms with E-state index in [1.165, 1.54) is 0 Å². The van der Waals surface area contributed by atoms with Gasteiger partial charge in [-0.15, -0.1) is 0 Å². The summed E-state index contributed by atoms with van der Waals surface area (Å²) in [5, 5.41) is 0. The molecule has 2 aliphatic heterocycles. The molecule has 0 unspecified atom stereocenters. The molecule has 1 saturated carbocycles. The van der Waals surface area contributed by atoms with E-state index in [9.17, 15) is 4.79 Å². The smallest absolute Gasteiger partial charge is 0.167 e. The molecule has 0 N–H and O–H groups in total. The van der Waals surface area contributed by atoms with Gasteiger partial charge in [0.1, 0.15) is 6.10 Å². The van der Waals surface area contributed by atoms with E-state index >= 15 is 0 Å². The molecular weight excluding hydrogens is 244 g/mol. The van der Waals surface area contributed by atoms with Crippen molar-refractivity contribution in [3.05, 3.63) is 12.2 Å². The van der Waals surface area contributed by atoms with Crippen molar-refractivity contribution >= 4 is 5.78 Å². The fourth-order valence-electron chi connectivity index (χ4n) is 3.82. The standard InChI is InChI=1S/C15H22O4/c1-9(2)10-6-11(16)14(5)12-15(10,8-18-14)7-17-13(3,4)19-12/h10,12H,1,6-8H2,2-5H3/t10-,12-,14-,15+/m1/s1. The highest BCUT2D eigenvalue weighted by atomic mass is 16.7. The zero-order chi connectivity index (χ0) is 14.1. The summed E-state index contributed by atoms with van der Waals surface area (Å²) in [4.78, 5) is 12.5.